The number of aromatic nitrogens is 3. The Morgan fingerprint density at radius 3 is 2.48 bits per heavy atom. The van der Waals surface area contributed by atoms with Gasteiger partial charge in [-0.05, 0) is 60.6 Å². The van der Waals surface area contributed by atoms with E-state index in [1.165, 1.54) is 6.07 Å². The predicted molar refractivity (Wildman–Crippen MR) is 125 cm³/mol. The second-order valence-corrected chi connectivity index (χ2v) is 8.50. The van der Waals surface area contributed by atoms with Crippen LogP contribution < -0.4 is 16.0 Å². The molecule has 1 N–H and O–H groups in total. The van der Waals surface area contributed by atoms with Crippen LogP contribution >= 0.6 is 0 Å². The second-order valence-electron chi connectivity index (χ2n) is 8.50. The minimum Gasteiger partial charge on any atom is -0.337 e. The molecule has 1 amide bonds. The van der Waals surface area contributed by atoms with Crippen LogP contribution in [0.5, 0.6) is 0 Å². The SMILES string of the molecule is O=C(c1cccc(Cc2cc(=O)[nH]c(=O)c3c2CCC3)c1)N1CCN(c2ncccn2)CC1. The first-order valence-electron chi connectivity index (χ1n) is 11.3. The zero-order chi connectivity index (χ0) is 22.8. The van der Waals surface area contributed by atoms with Crippen LogP contribution in [0.15, 0.2) is 58.4 Å². The average Bonchev–Trinajstić information content (AvgIpc) is 3.31. The lowest BCUT2D eigenvalue weighted by molar-refractivity contribution is 0.0746. The maximum absolute atomic E-state index is 13.2. The molecule has 0 spiro atoms. The summed E-state index contributed by atoms with van der Waals surface area (Å²) in [4.78, 5) is 52.5. The van der Waals surface area contributed by atoms with E-state index in [4.69, 9.17) is 0 Å². The Morgan fingerprint density at radius 2 is 1.70 bits per heavy atom. The van der Waals surface area contributed by atoms with Gasteiger partial charge in [-0.15, -0.1) is 0 Å². The lowest BCUT2D eigenvalue weighted by atomic mass is 9.98. The molecule has 1 aliphatic carbocycles. The number of hydrogen-bond acceptors (Lipinski definition) is 6. The van der Waals surface area contributed by atoms with E-state index in [2.05, 4.69) is 19.9 Å². The van der Waals surface area contributed by atoms with Gasteiger partial charge < -0.3 is 9.80 Å². The fourth-order valence-corrected chi connectivity index (χ4v) is 4.76. The fraction of sp³-hybridized carbons (Fsp3) is 0.320. The molecule has 33 heavy (non-hydrogen) atoms. The van der Waals surface area contributed by atoms with E-state index in [1.54, 1.807) is 18.5 Å². The standard InChI is InChI=1S/C25H25N5O3/c31-22-16-19(20-6-2-7-21(20)23(32)28-22)15-17-4-1-5-18(14-17)24(33)29-10-12-30(13-11-29)25-26-8-3-9-27-25/h1,3-5,8-9,14,16H,2,6-7,10-13,15H2,(H,28,31,32). The van der Waals surface area contributed by atoms with Gasteiger partial charge in [-0.3, -0.25) is 19.4 Å². The van der Waals surface area contributed by atoms with Crippen molar-refractivity contribution in [3.8, 4) is 0 Å². The Hall–Kier alpha value is -3.81. The molecule has 0 radical (unpaired) electrons. The number of rotatable bonds is 4. The van der Waals surface area contributed by atoms with Gasteiger partial charge in [0.05, 0.1) is 0 Å². The van der Waals surface area contributed by atoms with Gasteiger partial charge in [0.2, 0.25) is 5.95 Å². The molecule has 3 aromatic rings. The summed E-state index contributed by atoms with van der Waals surface area (Å²) in [5.74, 6) is 0.681. The zero-order valence-electron chi connectivity index (χ0n) is 18.3. The maximum Gasteiger partial charge on any atom is 0.254 e. The third-order valence-electron chi connectivity index (χ3n) is 6.39. The van der Waals surface area contributed by atoms with Crippen LogP contribution in [0, 0.1) is 0 Å². The van der Waals surface area contributed by atoms with Crippen LogP contribution in [-0.4, -0.2) is 51.9 Å². The summed E-state index contributed by atoms with van der Waals surface area (Å²) in [5.41, 5.74) is 3.50. The van der Waals surface area contributed by atoms with Crippen LogP contribution in [-0.2, 0) is 19.3 Å². The highest BCUT2D eigenvalue weighted by Crippen LogP contribution is 2.23. The predicted octanol–water partition coefficient (Wildman–Crippen LogP) is 1.57. The van der Waals surface area contributed by atoms with Gasteiger partial charge in [-0.2, -0.15) is 0 Å². The highest BCUT2D eigenvalue weighted by Gasteiger charge is 2.24. The third kappa shape index (κ3) is 4.41. The Balaban J connectivity index is 1.33. The number of nitrogens with one attached hydrogen (secondary N) is 1. The largest absolute Gasteiger partial charge is 0.337 e. The van der Waals surface area contributed by atoms with Gasteiger partial charge in [-0.25, -0.2) is 9.97 Å². The molecule has 8 heteroatoms. The molecular weight excluding hydrogens is 418 g/mol. The van der Waals surface area contributed by atoms with Crippen LogP contribution in [0.4, 0.5) is 5.95 Å². The van der Waals surface area contributed by atoms with Crippen molar-refractivity contribution in [1.29, 1.82) is 0 Å². The summed E-state index contributed by atoms with van der Waals surface area (Å²) in [6.07, 6.45) is 6.38. The molecule has 3 heterocycles. The number of piperazine rings is 1. The average molecular weight is 444 g/mol. The molecule has 0 atom stereocenters. The van der Waals surface area contributed by atoms with Crippen molar-refractivity contribution in [2.75, 3.05) is 31.1 Å². The molecule has 0 bridgehead atoms. The first-order chi connectivity index (χ1) is 16.1. The van der Waals surface area contributed by atoms with Crippen molar-refractivity contribution in [3.05, 3.63) is 97.3 Å². The lowest BCUT2D eigenvalue weighted by Crippen LogP contribution is -2.49. The smallest absolute Gasteiger partial charge is 0.254 e. The minimum atomic E-state index is -0.378. The molecule has 1 aromatic carbocycles. The summed E-state index contributed by atoms with van der Waals surface area (Å²) >= 11 is 0. The summed E-state index contributed by atoms with van der Waals surface area (Å²) in [6.45, 7) is 2.57. The third-order valence-corrected chi connectivity index (χ3v) is 6.39. The topological polar surface area (TPSA) is 99.3 Å². The highest BCUT2D eigenvalue weighted by molar-refractivity contribution is 5.94. The molecule has 1 aliphatic heterocycles. The van der Waals surface area contributed by atoms with Crippen molar-refractivity contribution in [3.63, 3.8) is 0 Å². The van der Waals surface area contributed by atoms with Gasteiger partial charge in [0, 0.05) is 55.8 Å². The number of fused-ring (bicyclic) bond motifs is 1. The van der Waals surface area contributed by atoms with Gasteiger partial charge >= 0.3 is 0 Å². The molecular formula is C25H25N5O3. The number of amides is 1. The molecule has 1 saturated heterocycles. The number of anilines is 1. The monoisotopic (exact) mass is 443 g/mol. The van der Waals surface area contributed by atoms with Gasteiger partial charge in [0.1, 0.15) is 0 Å². The van der Waals surface area contributed by atoms with Crippen LogP contribution in [0.3, 0.4) is 0 Å². The first-order valence-corrected chi connectivity index (χ1v) is 11.3. The Labute approximate surface area is 190 Å². The maximum atomic E-state index is 13.2. The number of hydrogen-bond donors (Lipinski definition) is 1. The molecule has 168 valence electrons. The summed E-state index contributed by atoms with van der Waals surface area (Å²) in [6, 6.07) is 10.9. The summed E-state index contributed by atoms with van der Waals surface area (Å²) in [5, 5.41) is 0. The van der Waals surface area contributed by atoms with Crippen molar-refractivity contribution < 1.29 is 4.79 Å². The summed E-state index contributed by atoms with van der Waals surface area (Å²) in [7, 11) is 0. The van der Waals surface area contributed by atoms with Crippen molar-refractivity contribution in [2.24, 2.45) is 0 Å². The van der Waals surface area contributed by atoms with Crippen LogP contribution in [0.25, 0.3) is 0 Å². The molecule has 1 fully saturated rings. The number of carbonyl (C=O) groups is 1. The Morgan fingerprint density at radius 1 is 0.939 bits per heavy atom. The van der Waals surface area contributed by atoms with E-state index in [9.17, 15) is 14.4 Å². The molecule has 2 aromatic heterocycles. The van der Waals surface area contributed by atoms with E-state index in [0.29, 0.717) is 50.5 Å². The number of nitrogens with zero attached hydrogens (tertiary/aromatic N) is 4. The van der Waals surface area contributed by atoms with E-state index in [1.807, 2.05) is 29.2 Å². The lowest BCUT2D eigenvalue weighted by Gasteiger charge is -2.34. The first kappa shape index (κ1) is 21.1. The van der Waals surface area contributed by atoms with Crippen LogP contribution in [0.1, 0.15) is 39.0 Å². The second kappa shape index (κ2) is 8.97. The molecule has 5 rings (SSSR count). The number of benzene rings is 1. The zero-order valence-corrected chi connectivity index (χ0v) is 18.3. The van der Waals surface area contributed by atoms with E-state index in [-0.39, 0.29) is 17.0 Å². The summed E-state index contributed by atoms with van der Waals surface area (Å²) < 4.78 is 0. The van der Waals surface area contributed by atoms with Gasteiger partial charge in [0.25, 0.3) is 17.0 Å². The highest BCUT2D eigenvalue weighted by atomic mass is 16.2. The van der Waals surface area contributed by atoms with Gasteiger partial charge in [-0.1, -0.05) is 12.1 Å². The number of aromatic amines is 1. The quantitative estimate of drug-likeness (QED) is 0.657. The molecule has 0 saturated carbocycles. The number of H-pyrrole nitrogens is 1. The van der Waals surface area contributed by atoms with Crippen LogP contribution in [0.2, 0.25) is 0 Å². The molecule has 0 unspecified atom stereocenters. The van der Waals surface area contributed by atoms with E-state index >= 15 is 0 Å². The minimum absolute atomic E-state index is 0.00554. The van der Waals surface area contributed by atoms with Crippen molar-refractivity contribution in [2.45, 2.75) is 25.7 Å². The molecule has 8 nitrogen and oxygen atoms in total. The molecule has 2 aliphatic rings. The van der Waals surface area contributed by atoms with E-state index in [0.717, 1.165) is 35.1 Å². The Kier molecular flexibility index (Phi) is 5.73. The fourth-order valence-electron chi connectivity index (χ4n) is 4.76. The Bertz CT molecular complexity index is 1300. The van der Waals surface area contributed by atoms with E-state index < -0.39 is 0 Å². The van der Waals surface area contributed by atoms with Crippen molar-refractivity contribution >= 4 is 11.9 Å². The normalized spacial score (nSPS) is 15.4. The number of carbonyl (C=O) groups excluding carboxylic acids is 1. The van der Waals surface area contributed by atoms with Gasteiger partial charge in [0.15, 0.2) is 0 Å². The van der Waals surface area contributed by atoms with Crippen molar-refractivity contribution in [1.82, 2.24) is 19.9 Å².